The molecular weight excluding hydrogens is 318 g/mol. The molecule has 2 aromatic rings. The van der Waals surface area contributed by atoms with E-state index in [1.165, 1.54) is 23.9 Å². The van der Waals surface area contributed by atoms with Gasteiger partial charge in [-0.15, -0.1) is 11.8 Å². The highest BCUT2D eigenvalue weighted by Gasteiger charge is 2.18. The topological polar surface area (TPSA) is 86.5 Å². The first kappa shape index (κ1) is 16.7. The Labute approximate surface area is 136 Å². The SMILES string of the molecule is CSc1ccc(C(=O)OCC(=O)c2ccccc2)cc1[N+](=O)[O-]. The molecule has 0 saturated heterocycles. The number of Topliss-reactive ketones (excluding diaryl/α,β-unsaturated/α-hetero) is 1. The molecule has 0 fully saturated rings. The van der Waals surface area contributed by atoms with Gasteiger partial charge in [0, 0.05) is 11.6 Å². The van der Waals surface area contributed by atoms with Gasteiger partial charge in [-0.2, -0.15) is 0 Å². The van der Waals surface area contributed by atoms with E-state index in [1.54, 1.807) is 36.6 Å². The minimum absolute atomic E-state index is 0.0374. The summed E-state index contributed by atoms with van der Waals surface area (Å²) in [4.78, 5) is 34.7. The second kappa shape index (κ2) is 7.55. The summed E-state index contributed by atoms with van der Waals surface area (Å²) in [5.41, 5.74) is 0.306. The van der Waals surface area contributed by atoms with Crippen molar-refractivity contribution in [1.29, 1.82) is 0 Å². The highest BCUT2D eigenvalue weighted by atomic mass is 32.2. The van der Waals surface area contributed by atoms with Crippen LogP contribution >= 0.6 is 11.8 Å². The van der Waals surface area contributed by atoms with Crippen LogP contribution in [0.15, 0.2) is 53.4 Å². The number of rotatable bonds is 6. The minimum atomic E-state index is -0.773. The molecule has 0 aromatic heterocycles. The lowest BCUT2D eigenvalue weighted by atomic mass is 10.1. The third-order valence-electron chi connectivity index (χ3n) is 3.04. The number of carbonyl (C=O) groups is 2. The molecule has 0 aliphatic heterocycles. The van der Waals surface area contributed by atoms with E-state index < -0.39 is 17.5 Å². The number of ketones is 1. The van der Waals surface area contributed by atoms with Crippen molar-refractivity contribution in [2.24, 2.45) is 0 Å². The lowest BCUT2D eigenvalue weighted by Gasteiger charge is -2.06. The van der Waals surface area contributed by atoms with Crippen molar-refractivity contribution in [3.05, 3.63) is 69.8 Å². The van der Waals surface area contributed by atoms with Crippen LogP contribution in [-0.4, -0.2) is 29.5 Å². The fourth-order valence-corrected chi connectivity index (χ4v) is 2.43. The first-order chi connectivity index (χ1) is 11.0. The van der Waals surface area contributed by atoms with E-state index in [0.29, 0.717) is 10.5 Å². The van der Waals surface area contributed by atoms with Gasteiger partial charge in [-0.25, -0.2) is 4.79 Å². The maximum Gasteiger partial charge on any atom is 0.338 e. The molecule has 0 amide bonds. The fourth-order valence-electron chi connectivity index (χ4n) is 1.88. The van der Waals surface area contributed by atoms with Crippen LogP contribution in [0.5, 0.6) is 0 Å². The molecule has 6 nitrogen and oxygen atoms in total. The average molecular weight is 331 g/mol. The summed E-state index contributed by atoms with van der Waals surface area (Å²) in [6, 6.07) is 12.5. The van der Waals surface area contributed by atoms with Gasteiger partial charge >= 0.3 is 5.97 Å². The van der Waals surface area contributed by atoms with Gasteiger partial charge < -0.3 is 4.74 Å². The summed E-state index contributed by atoms with van der Waals surface area (Å²) in [5.74, 6) is -1.11. The number of hydrogen-bond donors (Lipinski definition) is 0. The molecule has 7 heteroatoms. The van der Waals surface area contributed by atoms with Crippen molar-refractivity contribution in [2.75, 3.05) is 12.9 Å². The predicted octanol–water partition coefficient (Wildman–Crippen LogP) is 3.36. The van der Waals surface area contributed by atoms with Crippen molar-refractivity contribution in [2.45, 2.75) is 4.90 Å². The molecule has 2 aromatic carbocycles. The van der Waals surface area contributed by atoms with E-state index in [0.717, 1.165) is 6.07 Å². The lowest BCUT2D eigenvalue weighted by molar-refractivity contribution is -0.387. The number of nitrogens with zero attached hydrogens (tertiary/aromatic N) is 1. The highest BCUT2D eigenvalue weighted by molar-refractivity contribution is 7.98. The van der Waals surface area contributed by atoms with Crippen LogP contribution in [0.4, 0.5) is 5.69 Å². The third-order valence-corrected chi connectivity index (χ3v) is 3.83. The monoisotopic (exact) mass is 331 g/mol. The number of nitro groups is 1. The molecule has 0 aliphatic carbocycles. The van der Waals surface area contributed by atoms with Gasteiger partial charge in [-0.1, -0.05) is 30.3 Å². The van der Waals surface area contributed by atoms with Gasteiger partial charge in [0.15, 0.2) is 12.4 Å². The van der Waals surface area contributed by atoms with Gasteiger partial charge in [0.1, 0.15) is 0 Å². The maximum atomic E-state index is 12.0. The average Bonchev–Trinajstić information content (AvgIpc) is 2.59. The molecule has 2 rings (SSSR count). The largest absolute Gasteiger partial charge is 0.454 e. The van der Waals surface area contributed by atoms with Crippen LogP contribution in [0.25, 0.3) is 0 Å². The molecular formula is C16H13NO5S. The molecule has 0 heterocycles. The Hall–Kier alpha value is -2.67. The Bertz CT molecular complexity index is 745. The van der Waals surface area contributed by atoms with Crippen LogP contribution in [0.1, 0.15) is 20.7 Å². The molecule has 0 N–H and O–H groups in total. The smallest absolute Gasteiger partial charge is 0.338 e. The summed E-state index contributed by atoms with van der Waals surface area (Å²) in [6.45, 7) is -0.416. The zero-order chi connectivity index (χ0) is 16.8. The van der Waals surface area contributed by atoms with E-state index in [-0.39, 0.29) is 17.0 Å². The molecule has 0 unspecified atom stereocenters. The normalized spacial score (nSPS) is 10.1. The summed E-state index contributed by atoms with van der Waals surface area (Å²) >= 11 is 1.21. The van der Waals surface area contributed by atoms with Crippen LogP contribution in [0.3, 0.4) is 0 Å². The standard InChI is InChI=1S/C16H13NO5S/c1-23-15-8-7-12(9-13(15)17(20)21)16(19)22-10-14(18)11-5-3-2-4-6-11/h2-9H,10H2,1H3. The van der Waals surface area contributed by atoms with Crippen LogP contribution in [-0.2, 0) is 4.74 Å². The molecule has 0 radical (unpaired) electrons. The summed E-state index contributed by atoms with van der Waals surface area (Å²) in [7, 11) is 0. The van der Waals surface area contributed by atoms with E-state index in [2.05, 4.69) is 0 Å². The summed E-state index contributed by atoms with van der Waals surface area (Å²) < 4.78 is 4.93. The number of benzene rings is 2. The Kier molecular flexibility index (Phi) is 5.48. The molecule has 118 valence electrons. The predicted molar refractivity (Wildman–Crippen MR) is 85.9 cm³/mol. The van der Waals surface area contributed by atoms with E-state index in [9.17, 15) is 19.7 Å². The molecule has 0 aliphatic rings. The quantitative estimate of drug-likeness (QED) is 0.265. The van der Waals surface area contributed by atoms with Gasteiger partial charge in [0.25, 0.3) is 5.69 Å². The van der Waals surface area contributed by atoms with Crippen molar-refractivity contribution >= 4 is 29.2 Å². The highest BCUT2D eigenvalue weighted by Crippen LogP contribution is 2.28. The zero-order valence-corrected chi connectivity index (χ0v) is 13.0. The van der Waals surface area contributed by atoms with E-state index in [4.69, 9.17) is 4.74 Å². The van der Waals surface area contributed by atoms with Crippen LogP contribution in [0, 0.1) is 10.1 Å². The van der Waals surface area contributed by atoms with Gasteiger partial charge in [-0.05, 0) is 18.4 Å². The maximum absolute atomic E-state index is 12.0. The number of nitro benzene ring substituents is 1. The van der Waals surface area contributed by atoms with Gasteiger partial charge in [0.05, 0.1) is 15.4 Å². The zero-order valence-electron chi connectivity index (χ0n) is 12.2. The first-order valence-electron chi connectivity index (χ1n) is 6.60. The Morgan fingerprint density at radius 3 is 2.43 bits per heavy atom. The van der Waals surface area contributed by atoms with Gasteiger partial charge in [-0.3, -0.25) is 14.9 Å². The Morgan fingerprint density at radius 1 is 1.13 bits per heavy atom. The number of hydrogen-bond acceptors (Lipinski definition) is 6. The van der Waals surface area contributed by atoms with Crippen molar-refractivity contribution in [3.8, 4) is 0 Å². The van der Waals surface area contributed by atoms with E-state index in [1.807, 2.05) is 0 Å². The Morgan fingerprint density at radius 2 is 1.83 bits per heavy atom. The third kappa shape index (κ3) is 4.17. The van der Waals surface area contributed by atoms with Crippen LogP contribution in [0.2, 0.25) is 0 Å². The Balaban J connectivity index is 2.08. The van der Waals surface area contributed by atoms with Crippen LogP contribution < -0.4 is 0 Å². The molecule has 0 saturated carbocycles. The second-order valence-corrected chi connectivity index (χ2v) is 5.36. The molecule has 0 spiro atoms. The number of esters is 1. The number of carbonyl (C=O) groups excluding carboxylic acids is 2. The van der Waals surface area contributed by atoms with Crippen molar-refractivity contribution < 1.29 is 19.2 Å². The van der Waals surface area contributed by atoms with E-state index >= 15 is 0 Å². The van der Waals surface area contributed by atoms with Crippen molar-refractivity contribution in [1.82, 2.24) is 0 Å². The number of thioether (sulfide) groups is 1. The first-order valence-corrected chi connectivity index (χ1v) is 7.83. The van der Waals surface area contributed by atoms with Crippen molar-refractivity contribution in [3.63, 3.8) is 0 Å². The van der Waals surface area contributed by atoms with Gasteiger partial charge in [0.2, 0.25) is 0 Å². The molecule has 0 bridgehead atoms. The molecule has 0 atom stereocenters. The molecule has 23 heavy (non-hydrogen) atoms. The summed E-state index contributed by atoms with van der Waals surface area (Å²) in [5, 5.41) is 11.0. The summed E-state index contributed by atoms with van der Waals surface area (Å²) in [6.07, 6.45) is 1.71. The lowest BCUT2D eigenvalue weighted by Crippen LogP contribution is -2.14. The number of ether oxygens (including phenoxy) is 1. The minimum Gasteiger partial charge on any atom is -0.454 e. The fraction of sp³-hybridized carbons (Fsp3) is 0.125. The second-order valence-electron chi connectivity index (χ2n) is 4.51.